The molecule has 1 aromatic carbocycles. The zero-order valence-electron chi connectivity index (χ0n) is 14.2. The van der Waals surface area contributed by atoms with E-state index in [4.69, 9.17) is 16.0 Å². The van der Waals surface area contributed by atoms with Gasteiger partial charge in [-0.25, -0.2) is 4.98 Å². The van der Waals surface area contributed by atoms with Gasteiger partial charge in [0.05, 0.1) is 16.6 Å². The summed E-state index contributed by atoms with van der Waals surface area (Å²) in [4.78, 5) is 9.96. The van der Waals surface area contributed by atoms with Crippen LogP contribution >= 0.6 is 46.9 Å². The smallest absolute Gasteiger partial charge is 0.226 e. The fourth-order valence-electron chi connectivity index (χ4n) is 2.29. The van der Waals surface area contributed by atoms with E-state index >= 15 is 0 Å². The largest absolute Gasteiger partial charge is 0.444 e. The summed E-state index contributed by atoms with van der Waals surface area (Å²) in [5, 5.41) is 6.52. The molecule has 3 rings (SSSR count). The summed E-state index contributed by atoms with van der Waals surface area (Å²) in [5.41, 5.74) is 1.79. The van der Waals surface area contributed by atoms with Crippen LogP contribution in [0.2, 0.25) is 4.34 Å². The summed E-state index contributed by atoms with van der Waals surface area (Å²) in [6.45, 7) is 1.32. The molecule has 0 bridgehead atoms. The zero-order valence-corrected chi connectivity index (χ0v) is 18.1. The molecular weight excluding hydrogens is 483 g/mol. The number of guanidine groups is 1. The second kappa shape index (κ2) is 10.5. The summed E-state index contributed by atoms with van der Waals surface area (Å²) in [6.07, 6.45) is 2.57. The zero-order chi connectivity index (χ0) is 17.5. The second-order valence-corrected chi connectivity index (χ2v) is 7.12. The fourth-order valence-corrected chi connectivity index (χ4v) is 3.37. The van der Waals surface area contributed by atoms with Crippen molar-refractivity contribution in [3.05, 3.63) is 63.6 Å². The number of rotatable bonds is 6. The molecular formula is C18H20ClIN4OS. The molecule has 2 N–H and O–H groups in total. The van der Waals surface area contributed by atoms with Crippen molar-refractivity contribution < 1.29 is 4.42 Å². The normalized spacial score (nSPS) is 11.1. The summed E-state index contributed by atoms with van der Waals surface area (Å²) >= 11 is 7.54. The molecule has 0 aliphatic rings. The Hall–Kier alpha value is -1.58. The van der Waals surface area contributed by atoms with Crippen LogP contribution in [-0.4, -0.2) is 24.5 Å². The molecule has 0 unspecified atom stereocenters. The van der Waals surface area contributed by atoms with Crippen molar-refractivity contribution in [2.75, 3.05) is 13.6 Å². The second-order valence-electron chi connectivity index (χ2n) is 5.32. The summed E-state index contributed by atoms with van der Waals surface area (Å²) in [7, 11) is 1.75. The van der Waals surface area contributed by atoms with Gasteiger partial charge in [-0.05, 0) is 30.7 Å². The molecule has 0 aliphatic heterocycles. The Morgan fingerprint density at radius 2 is 2.00 bits per heavy atom. The molecule has 138 valence electrons. The lowest BCUT2D eigenvalue weighted by molar-refractivity contribution is 0.572. The van der Waals surface area contributed by atoms with E-state index in [0.717, 1.165) is 34.5 Å². The number of aromatic nitrogens is 1. The van der Waals surface area contributed by atoms with Crippen LogP contribution < -0.4 is 10.6 Å². The average molecular weight is 503 g/mol. The topological polar surface area (TPSA) is 62.5 Å². The maximum atomic E-state index is 5.94. The molecule has 0 saturated heterocycles. The standard InChI is InChI=1S/C18H19ClN4OS.HI/c1-20-18(21-10-9-15-7-8-16(19)25-15)22-11-14-12-24-17(23-14)13-5-3-2-4-6-13;/h2-8,12H,9-11H2,1H3,(H2,20,21,22);1H. The Morgan fingerprint density at radius 1 is 1.19 bits per heavy atom. The van der Waals surface area contributed by atoms with Crippen LogP contribution in [0.1, 0.15) is 10.6 Å². The number of benzene rings is 1. The monoisotopic (exact) mass is 502 g/mol. The highest BCUT2D eigenvalue weighted by atomic mass is 127. The molecule has 0 fully saturated rings. The molecule has 0 atom stereocenters. The van der Waals surface area contributed by atoms with Gasteiger partial charge in [0.1, 0.15) is 6.26 Å². The number of aliphatic imine (C=N–C) groups is 1. The van der Waals surface area contributed by atoms with Gasteiger partial charge in [-0.2, -0.15) is 0 Å². The number of hydrogen-bond acceptors (Lipinski definition) is 4. The third-order valence-corrected chi connectivity index (χ3v) is 4.82. The minimum Gasteiger partial charge on any atom is -0.444 e. The van der Waals surface area contributed by atoms with Gasteiger partial charge in [0.2, 0.25) is 5.89 Å². The van der Waals surface area contributed by atoms with E-state index in [0.29, 0.717) is 12.4 Å². The van der Waals surface area contributed by atoms with Crippen molar-refractivity contribution in [3.63, 3.8) is 0 Å². The maximum absolute atomic E-state index is 5.94. The van der Waals surface area contributed by atoms with Gasteiger partial charge in [0.15, 0.2) is 5.96 Å². The van der Waals surface area contributed by atoms with E-state index in [1.807, 2.05) is 42.5 Å². The van der Waals surface area contributed by atoms with Gasteiger partial charge in [0.25, 0.3) is 0 Å². The van der Waals surface area contributed by atoms with Gasteiger partial charge >= 0.3 is 0 Å². The van der Waals surface area contributed by atoms with Gasteiger partial charge in [-0.3, -0.25) is 4.99 Å². The molecule has 2 heterocycles. The van der Waals surface area contributed by atoms with Crippen molar-refractivity contribution >= 4 is 52.9 Å². The summed E-state index contributed by atoms with van der Waals surface area (Å²) < 4.78 is 6.35. The molecule has 0 radical (unpaired) electrons. The Labute approximate surface area is 178 Å². The van der Waals surface area contributed by atoms with Crippen LogP contribution in [0.5, 0.6) is 0 Å². The van der Waals surface area contributed by atoms with Gasteiger partial charge in [-0.15, -0.1) is 35.3 Å². The first-order chi connectivity index (χ1) is 12.2. The van der Waals surface area contributed by atoms with Gasteiger partial charge < -0.3 is 15.1 Å². The van der Waals surface area contributed by atoms with Crippen LogP contribution in [0.3, 0.4) is 0 Å². The SMILES string of the molecule is CN=C(NCCc1ccc(Cl)s1)NCc1coc(-c2ccccc2)n1.I. The van der Waals surface area contributed by atoms with Gasteiger partial charge in [0, 0.05) is 24.0 Å². The third-order valence-electron chi connectivity index (χ3n) is 3.53. The fraction of sp³-hybridized carbons (Fsp3) is 0.222. The average Bonchev–Trinajstić information content (AvgIpc) is 3.28. The van der Waals surface area contributed by atoms with Crippen molar-refractivity contribution in [2.45, 2.75) is 13.0 Å². The predicted octanol–water partition coefficient (Wildman–Crippen LogP) is 4.58. The van der Waals surface area contributed by atoms with Crippen molar-refractivity contribution in [1.82, 2.24) is 15.6 Å². The van der Waals surface area contributed by atoms with Crippen molar-refractivity contribution in [2.24, 2.45) is 4.99 Å². The summed E-state index contributed by atoms with van der Waals surface area (Å²) in [6, 6.07) is 13.8. The number of thiophene rings is 1. The van der Waals surface area contributed by atoms with Gasteiger partial charge in [-0.1, -0.05) is 29.8 Å². The number of oxazole rings is 1. The molecule has 0 saturated carbocycles. The molecule has 3 aromatic rings. The highest BCUT2D eigenvalue weighted by Gasteiger charge is 2.07. The van der Waals surface area contributed by atoms with E-state index in [9.17, 15) is 0 Å². The lowest BCUT2D eigenvalue weighted by atomic mass is 10.2. The minimum atomic E-state index is 0. The highest BCUT2D eigenvalue weighted by molar-refractivity contribution is 14.0. The predicted molar refractivity (Wildman–Crippen MR) is 119 cm³/mol. The van der Waals surface area contributed by atoms with Crippen LogP contribution in [0.4, 0.5) is 0 Å². The highest BCUT2D eigenvalue weighted by Crippen LogP contribution is 2.21. The number of nitrogens with one attached hydrogen (secondary N) is 2. The third kappa shape index (κ3) is 6.00. The lowest BCUT2D eigenvalue weighted by Gasteiger charge is -2.10. The molecule has 8 heteroatoms. The van der Waals surface area contributed by atoms with E-state index in [2.05, 4.69) is 20.6 Å². The molecule has 0 amide bonds. The Bertz CT molecular complexity index is 835. The Morgan fingerprint density at radius 3 is 2.69 bits per heavy atom. The van der Waals surface area contributed by atoms with Crippen LogP contribution in [0.25, 0.3) is 11.5 Å². The minimum absolute atomic E-state index is 0. The van der Waals surface area contributed by atoms with Crippen LogP contribution in [0, 0.1) is 0 Å². The van der Waals surface area contributed by atoms with Crippen LogP contribution in [-0.2, 0) is 13.0 Å². The Kier molecular flexibility index (Phi) is 8.40. The quantitative estimate of drug-likeness (QED) is 0.294. The van der Waals surface area contributed by atoms with E-state index in [1.165, 1.54) is 4.88 Å². The molecule has 0 spiro atoms. The van der Waals surface area contributed by atoms with E-state index in [-0.39, 0.29) is 24.0 Å². The van der Waals surface area contributed by atoms with Crippen LogP contribution in [0.15, 0.2) is 58.1 Å². The molecule has 2 aromatic heterocycles. The Balaban J connectivity index is 0.00000243. The first-order valence-corrected chi connectivity index (χ1v) is 9.12. The van der Waals surface area contributed by atoms with E-state index in [1.54, 1.807) is 24.6 Å². The summed E-state index contributed by atoms with van der Waals surface area (Å²) in [5.74, 6) is 1.35. The first kappa shape index (κ1) is 20.7. The molecule has 26 heavy (non-hydrogen) atoms. The maximum Gasteiger partial charge on any atom is 0.226 e. The number of halogens is 2. The van der Waals surface area contributed by atoms with Crippen molar-refractivity contribution in [1.29, 1.82) is 0 Å². The number of nitrogens with zero attached hydrogens (tertiary/aromatic N) is 2. The lowest BCUT2D eigenvalue weighted by Crippen LogP contribution is -2.37. The molecule has 5 nitrogen and oxygen atoms in total. The van der Waals surface area contributed by atoms with Crippen molar-refractivity contribution in [3.8, 4) is 11.5 Å². The first-order valence-electron chi connectivity index (χ1n) is 7.93. The number of hydrogen-bond donors (Lipinski definition) is 2. The molecule has 0 aliphatic carbocycles. The van der Waals surface area contributed by atoms with E-state index < -0.39 is 0 Å².